The monoisotopic (exact) mass is 520 g/mol. The number of likely N-dealkylation sites (N-methyl/N-ethyl adjacent to an activating group) is 1. The lowest BCUT2D eigenvalue weighted by molar-refractivity contribution is 0.103. The van der Waals surface area contributed by atoms with Gasteiger partial charge in [-0.2, -0.15) is 0 Å². The van der Waals surface area contributed by atoms with E-state index in [1.807, 2.05) is 25.1 Å². The van der Waals surface area contributed by atoms with Crippen LogP contribution in [-0.2, 0) is 11.2 Å². The highest BCUT2D eigenvalue weighted by Gasteiger charge is 2.29. The minimum Gasteiger partial charge on any atom is -0.508 e. The molecule has 1 saturated heterocycles. The molecule has 38 heavy (non-hydrogen) atoms. The fourth-order valence-electron chi connectivity index (χ4n) is 5.10. The first-order valence-corrected chi connectivity index (χ1v) is 13.2. The highest BCUT2D eigenvalue weighted by atomic mass is 19.1. The second-order valence-electron chi connectivity index (χ2n) is 10.2. The van der Waals surface area contributed by atoms with Crippen LogP contribution in [0.25, 0.3) is 11.1 Å². The average Bonchev–Trinajstić information content (AvgIpc) is 2.90. The van der Waals surface area contributed by atoms with Gasteiger partial charge in [-0.1, -0.05) is 30.3 Å². The summed E-state index contributed by atoms with van der Waals surface area (Å²) in [5.74, 6) is -0.702. The number of halogens is 1. The lowest BCUT2D eigenvalue weighted by atomic mass is 9.81. The van der Waals surface area contributed by atoms with Crippen LogP contribution in [-0.4, -0.2) is 67.8 Å². The van der Waals surface area contributed by atoms with E-state index in [0.29, 0.717) is 54.0 Å². The molecular formula is C31H37FN2O4. The summed E-state index contributed by atoms with van der Waals surface area (Å²) >= 11 is 0. The smallest absolute Gasteiger partial charge is 0.194 e. The number of nitrogens with zero attached hydrogens (tertiary/aromatic N) is 1. The fourth-order valence-corrected chi connectivity index (χ4v) is 5.10. The van der Waals surface area contributed by atoms with Crippen LogP contribution in [0, 0.1) is 12.7 Å². The van der Waals surface area contributed by atoms with Gasteiger partial charge < -0.3 is 25.2 Å². The van der Waals surface area contributed by atoms with Gasteiger partial charge in [-0.25, -0.2) is 4.39 Å². The number of carbonyl (C=O) groups is 1. The lowest BCUT2D eigenvalue weighted by Gasteiger charge is -2.27. The van der Waals surface area contributed by atoms with Gasteiger partial charge in [0.2, 0.25) is 0 Å². The third-order valence-corrected chi connectivity index (χ3v) is 7.22. The number of phenolic OH excluding ortho intramolecular Hbond substituents is 2. The molecule has 4 rings (SSSR count). The minimum atomic E-state index is -0.407. The maximum absolute atomic E-state index is 14.8. The summed E-state index contributed by atoms with van der Waals surface area (Å²) < 4.78 is 20.7. The predicted molar refractivity (Wildman–Crippen MR) is 148 cm³/mol. The number of piperidine rings is 1. The molecule has 3 aromatic rings. The Morgan fingerprint density at radius 2 is 1.92 bits per heavy atom. The highest BCUT2D eigenvalue weighted by molar-refractivity contribution is 6.15. The van der Waals surface area contributed by atoms with Crippen molar-refractivity contribution in [1.29, 1.82) is 0 Å². The Morgan fingerprint density at radius 1 is 1.13 bits per heavy atom. The summed E-state index contributed by atoms with van der Waals surface area (Å²) in [6.07, 6.45) is 2.33. The molecule has 1 fully saturated rings. The number of ether oxygens (including phenoxy) is 1. The van der Waals surface area contributed by atoms with E-state index in [0.717, 1.165) is 37.1 Å². The minimum absolute atomic E-state index is 0.00757. The molecule has 0 radical (unpaired) electrons. The summed E-state index contributed by atoms with van der Waals surface area (Å²) in [5, 5.41) is 25.2. The van der Waals surface area contributed by atoms with Crippen molar-refractivity contribution in [2.45, 2.75) is 32.1 Å². The quantitative estimate of drug-likeness (QED) is 0.257. The second kappa shape index (κ2) is 12.5. The molecule has 0 spiro atoms. The maximum Gasteiger partial charge on any atom is 0.194 e. The summed E-state index contributed by atoms with van der Waals surface area (Å²) in [7, 11) is 3.96. The first-order chi connectivity index (χ1) is 18.3. The topological polar surface area (TPSA) is 82.0 Å². The number of phenols is 2. The van der Waals surface area contributed by atoms with Crippen LogP contribution in [0.3, 0.4) is 0 Å². The summed E-state index contributed by atoms with van der Waals surface area (Å²) in [6, 6.07) is 12.8. The molecule has 0 amide bonds. The van der Waals surface area contributed by atoms with E-state index < -0.39 is 5.82 Å². The van der Waals surface area contributed by atoms with Crippen LogP contribution in [0.5, 0.6) is 11.5 Å². The average molecular weight is 521 g/mol. The molecule has 202 valence electrons. The van der Waals surface area contributed by atoms with E-state index in [2.05, 4.69) is 5.32 Å². The zero-order chi connectivity index (χ0) is 27.2. The van der Waals surface area contributed by atoms with Crippen molar-refractivity contribution in [3.05, 3.63) is 82.2 Å². The van der Waals surface area contributed by atoms with E-state index in [4.69, 9.17) is 4.74 Å². The van der Waals surface area contributed by atoms with Crippen LogP contribution < -0.4 is 5.32 Å². The van der Waals surface area contributed by atoms with E-state index in [1.54, 1.807) is 31.2 Å². The number of hydrogen-bond acceptors (Lipinski definition) is 6. The molecule has 0 aromatic heterocycles. The maximum atomic E-state index is 14.8. The standard InChI is InChI=1S/C31H37FN2O4/c1-20-25(10-5-11-27(20)32)29-28(30(36)22-7-4-9-24(35)17-22)21(12-15-38-16-14-34(2)3)18-26(31(29)37)23-8-6-13-33-19-23/h4-5,7,9-11,17-18,23,33,35,37H,6,8,12-16,19H2,1-3H3/t23-/m0/s1. The van der Waals surface area contributed by atoms with E-state index in [9.17, 15) is 19.4 Å². The molecule has 0 aliphatic carbocycles. The Kier molecular flexibility index (Phi) is 9.15. The van der Waals surface area contributed by atoms with Crippen LogP contribution in [0.15, 0.2) is 48.5 Å². The molecule has 0 unspecified atom stereocenters. The summed E-state index contributed by atoms with van der Waals surface area (Å²) in [4.78, 5) is 16.1. The van der Waals surface area contributed by atoms with Crippen molar-refractivity contribution >= 4 is 5.78 Å². The van der Waals surface area contributed by atoms with Crippen LogP contribution in [0.2, 0.25) is 0 Å². The molecule has 1 aliphatic heterocycles. The van der Waals surface area contributed by atoms with Gasteiger partial charge in [0.1, 0.15) is 17.3 Å². The molecule has 7 heteroatoms. The van der Waals surface area contributed by atoms with E-state index >= 15 is 0 Å². The first kappa shape index (κ1) is 27.8. The Balaban J connectivity index is 1.91. The van der Waals surface area contributed by atoms with Crippen molar-refractivity contribution in [3.63, 3.8) is 0 Å². The summed E-state index contributed by atoms with van der Waals surface area (Å²) in [6.45, 7) is 5.02. The zero-order valence-corrected chi connectivity index (χ0v) is 22.4. The van der Waals surface area contributed by atoms with Gasteiger partial charge in [-0.3, -0.25) is 4.79 Å². The van der Waals surface area contributed by atoms with E-state index in [1.165, 1.54) is 18.2 Å². The highest BCUT2D eigenvalue weighted by Crippen LogP contribution is 2.44. The molecular weight excluding hydrogens is 483 g/mol. The summed E-state index contributed by atoms with van der Waals surface area (Å²) in [5.41, 5.74) is 3.27. The molecule has 1 atom stereocenters. The number of ketones is 1. The number of benzene rings is 3. The van der Waals surface area contributed by atoms with Gasteiger partial charge in [-0.05, 0) is 87.3 Å². The van der Waals surface area contributed by atoms with Gasteiger partial charge in [0, 0.05) is 35.7 Å². The van der Waals surface area contributed by atoms with Gasteiger partial charge in [-0.15, -0.1) is 0 Å². The molecule has 3 N–H and O–H groups in total. The number of nitrogens with one attached hydrogen (secondary N) is 1. The normalized spacial score (nSPS) is 15.7. The molecule has 0 bridgehead atoms. The second-order valence-corrected chi connectivity index (χ2v) is 10.2. The number of rotatable bonds is 10. The van der Waals surface area contributed by atoms with Crippen molar-refractivity contribution in [2.24, 2.45) is 0 Å². The van der Waals surface area contributed by atoms with Gasteiger partial charge in [0.05, 0.1) is 13.2 Å². The van der Waals surface area contributed by atoms with Crippen molar-refractivity contribution in [1.82, 2.24) is 10.2 Å². The molecule has 1 aliphatic rings. The Bertz CT molecular complexity index is 1290. The van der Waals surface area contributed by atoms with Crippen molar-refractivity contribution in [3.8, 4) is 22.6 Å². The third-order valence-electron chi connectivity index (χ3n) is 7.22. The third kappa shape index (κ3) is 6.23. The SMILES string of the molecule is Cc1c(F)cccc1-c1c(O)c([C@H]2CCCNC2)cc(CCOCCN(C)C)c1C(=O)c1cccc(O)c1. The zero-order valence-electron chi connectivity index (χ0n) is 22.4. The molecule has 0 saturated carbocycles. The first-order valence-electron chi connectivity index (χ1n) is 13.2. The largest absolute Gasteiger partial charge is 0.508 e. The van der Waals surface area contributed by atoms with Crippen LogP contribution >= 0.6 is 0 Å². The number of hydrogen-bond donors (Lipinski definition) is 3. The fraction of sp³-hybridized carbons (Fsp3) is 0.387. The molecule has 1 heterocycles. The predicted octanol–water partition coefficient (Wildman–Crippen LogP) is 5.03. The number of carbonyl (C=O) groups excluding carboxylic acids is 1. The van der Waals surface area contributed by atoms with Gasteiger partial charge in [0.25, 0.3) is 0 Å². The molecule has 3 aromatic carbocycles. The Morgan fingerprint density at radius 3 is 2.63 bits per heavy atom. The number of aromatic hydroxyl groups is 2. The van der Waals surface area contributed by atoms with Crippen molar-refractivity contribution in [2.75, 3.05) is 46.9 Å². The van der Waals surface area contributed by atoms with Gasteiger partial charge in [0.15, 0.2) is 5.78 Å². The Hall–Kier alpha value is -3.26. The van der Waals surface area contributed by atoms with Crippen LogP contribution in [0.1, 0.15) is 51.4 Å². The van der Waals surface area contributed by atoms with Crippen LogP contribution in [0.4, 0.5) is 4.39 Å². The van der Waals surface area contributed by atoms with Gasteiger partial charge >= 0.3 is 0 Å². The van der Waals surface area contributed by atoms with Crippen molar-refractivity contribution < 1.29 is 24.1 Å². The van der Waals surface area contributed by atoms with E-state index in [-0.39, 0.29) is 23.2 Å². The Labute approximate surface area is 224 Å². The lowest BCUT2D eigenvalue weighted by Crippen LogP contribution is -2.28. The molecule has 6 nitrogen and oxygen atoms in total.